The molecule has 5 nitrogen and oxygen atoms in total. The first-order chi connectivity index (χ1) is 9.17. The molecule has 20 heavy (non-hydrogen) atoms. The number of aliphatic imine (C=N–C) groups is 1. The Morgan fingerprint density at radius 3 is 2.60 bits per heavy atom. The van der Waals surface area contributed by atoms with Crippen molar-refractivity contribution in [3.05, 3.63) is 35.9 Å². The van der Waals surface area contributed by atoms with Crippen molar-refractivity contribution < 1.29 is 9.84 Å². The number of hydrogen-bond acceptors (Lipinski definition) is 3. The summed E-state index contributed by atoms with van der Waals surface area (Å²) >= 11 is 0. The van der Waals surface area contributed by atoms with Gasteiger partial charge in [-0.3, -0.25) is 4.99 Å². The van der Waals surface area contributed by atoms with Gasteiger partial charge in [0.2, 0.25) is 0 Å². The van der Waals surface area contributed by atoms with Crippen LogP contribution in [0, 0.1) is 0 Å². The van der Waals surface area contributed by atoms with E-state index in [1.165, 1.54) is 0 Å². The minimum absolute atomic E-state index is 0. The maximum Gasteiger partial charge on any atom is 0.188 e. The molecule has 2 atom stereocenters. The third-order valence-corrected chi connectivity index (χ3v) is 2.78. The Morgan fingerprint density at radius 2 is 2.05 bits per heavy atom. The summed E-state index contributed by atoms with van der Waals surface area (Å²) in [7, 11) is 1.64. The lowest BCUT2D eigenvalue weighted by Crippen LogP contribution is -2.41. The second-order valence-corrected chi connectivity index (χ2v) is 4.52. The molecule has 0 saturated heterocycles. The average Bonchev–Trinajstić information content (AvgIpc) is 2.41. The molecular weight excluding hydrogens is 369 g/mol. The van der Waals surface area contributed by atoms with Gasteiger partial charge in [0, 0.05) is 19.1 Å². The summed E-state index contributed by atoms with van der Waals surface area (Å²) < 4.78 is 5.01. The highest BCUT2D eigenvalue weighted by molar-refractivity contribution is 14.0. The van der Waals surface area contributed by atoms with Crippen molar-refractivity contribution in [3.63, 3.8) is 0 Å². The molecule has 0 radical (unpaired) electrons. The predicted molar refractivity (Wildman–Crippen MR) is 92.6 cm³/mol. The van der Waals surface area contributed by atoms with Crippen LogP contribution in [-0.2, 0) is 4.74 Å². The van der Waals surface area contributed by atoms with Crippen LogP contribution in [0.5, 0.6) is 0 Å². The quantitative estimate of drug-likeness (QED) is 0.371. The first-order valence-electron chi connectivity index (χ1n) is 6.38. The minimum Gasteiger partial charge on any atom is -0.396 e. The Labute approximate surface area is 137 Å². The molecule has 0 bridgehead atoms. The molecule has 0 spiro atoms. The van der Waals surface area contributed by atoms with Gasteiger partial charge in [-0.15, -0.1) is 24.0 Å². The number of halogens is 1. The zero-order valence-corrected chi connectivity index (χ0v) is 14.3. The lowest BCUT2D eigenvalue weighted by Gasteiger charge is -2.15. The molecule has 0 aliphatic carbocycles. The van der Waals surface area contributed by atoms with Gasteiger partial charge < -0.3 is 20.9 Å². The predicted octanol–water partition coefficient (Wildman–Crippen LogP) is 1.32. The van der Waals surface area contributed by atoms with Gasteiger partial charge in [-0.1, -0.05) is 30.3 Å². The van der Waals surface area contributed by atoms with Crippen LogP contribution in [0.3, 0.4) is 0 Å². The summed E-state index contributed by atoms with van der Waals surface area (Å²) in [6, 6.07) is 9.91. The highest BCUT2D eigenvalue weighted by atomic mass is 127. The Kier molecular flexibility index (Phi) is 10.4. The molecule has 0 saturated carbocycles. The fraction of sp³-hybridized carbons (Fsp3) is 0.500. The number of guanidine groups is 1. The summed E-state index contributed by atoms with van der Waals surface area (Å²) in [5.41, 5.74) is 6.85. The van der Waals surface area contributed by atoms with Crippen molar-refractivity contribution in [2.75, 3.05) is 26.9 Å². The monoisotopic (exact) mass is 393 g/mol. The minimum atomic E-state index is -0.0284. The molecule has 6 heteroatoms. The molecule has 1 rings (SSSR count). The first-order valence-corrected chi connectivity index (χ1v) is 6.38. The van der Waals surface area contributed by atoms with Crippen LogP contribution in [0.25, 0.3) is 0 Å². The van der Waals surface area contributed by atoms with E-state index >= 15 is 0 Å². The van der Waals surface area contributed by atoms with Gasteiger partial charge in [-0.05, 0) is 12.5 Å². The highest BCUT2D eigenvalue weighted by Crippen LogP contribution is 2.14. The van der Waals surface area contributed by atoms with Gasteiger partial charge >= 0.3 is 0 Å². The van der Waals surface area contributed by atoms with Gasteiger partial charge in [0.15, 0.2) is 5.96 Å². The lowest BCUT2D eigenvalue weighted by molar-refractivity contribution is 0.179. The topological polar surface area (TPSA) is 79.9 Å². The van der Waals surface area contributed by atoms with E-state index in [-0.39, 0.29) is 42.5 Å². The van der Waals surface area contributed by atoms with E-state index < -0.39 is 0 Å². The number of methoxy groups -OCH3 is 1. The van der Waals surface area contributed by atoms with Gasteiger partial charge in [0.1, 0.15) is 0 Å². The second-order valence-electron chi connectivity index (χ2n) is 4.52. The van der Waals surface area contributed by atoms with E-state index in [1.807, 2.05) is 37.3 Å². The van der Waals surface area contributed by atoms with Gasteiger partial charge in [-0.25, -0.2) is 0 Å². The molecule has 0 heterocycles. The van der Waals surface area contributed by atoms with E-state index in [1.54, 1.807) is 7.11 Å². The SMILES string of the molecule is COCC(C)NC(N)=NCC(CO)c1ccccc1.I. The number of rotatable bonds is 7. The number of hydrogen-bond donors (Lipinski definition) is 3. The fourth-order valence-electron chi connectivity index (χ4n) is 1.79. The van der Waals surface area contributed by atoms with Crippen LogP contribution < -0.4 is 11.1 Å². The molecule has 0 fully saturated rings. The van der Waals surface area contributed by atoms with Crippen molar-refractivity contribution in [3.8, 4) is 0 Å². The summed E-state index contributed by atoms with van der Waals surface area (Å²) in [6.45, 7) is 3.04. The molecule has 0 aliphatic rings. The number of nitrogens with one attached hydrogen (secondary N) is 1. The molecular formula is C14H24IN3O2. The molecule has 2 unspecified atom stereocenters. The van der Waals surface area contributed by atoms with E-state index in [0.717, 1.165) is 5.56 Å². The van der Waals surface area contributed by atoms with E-state index in [4.69, 9.17) is 10.5 Å². The Balaban J connectivity index is 0.00000361. The highest BCUT2D eigenvalue weighted by Gasteiger charge is 2.09. The van der Waals surface area contributed by atoms with Crippen LogP contribution in [0.1, 0.15) is 18.4 Å². The Hall–Kier alpha value is -0.860. The van der Waals surface area contributed by atoms with Crippen LogP contribution in [0.2, 0.25) is 0 Å². The summed E-state index contributed by atoms with van der Waals surface area (Å²) in [5.74, 6) is 0.346. The number of ether oxygens (including phenoxy) is 1. The van der Waals surface area contributed by atoms with Gasteiger partial charge in [0.05, 0.1) is 19.8 Å². The van der Waals surface area contributed by atoms with Crippen molar-refractivity contribution in [1.82, 2.24) is 5.32 Å². The smallest absolute Gasteiger partial charge is 0.188 e. The fourth-order valence-corrected chi connectivity index (χ4v) is 1.79. The normalized spacial score (nSPS) is 14.2. The van der Waals surface area contributed by atoms with Crippen LogP contribution in [-0.4, -0.2) is 44.0 Å². The largest absolute Gasteiger partial charge is 0.396 e. The molecule has 1 aromatic carbocycles. The summed E-state index contributed by atoms with van der Waals surface area (Å²) in [4.78, 5) is 4.26. The molecule has 0 aromatic heterocycles. The third kappa shape index (κ3) is 7.06. The van der Waals surface area contributed by atoms with E-state index in [9.17, 15) is 5.11 Å². The Bertz CT molecular complexity index is 387. The van der Waals surface area contributed by atoms with Crippen molar-refractivity contribution >= 4 is 29.9 Å². The number of benzene rings is 1. The standard InChI is InChI=1S/C14H23N3O2.HI/c1-11(10-19-2)17-14(15)16-8-13(9-18)12-6-4-3-5-7-12;/h3-7,11,13,18H,8-10H2,1-2H3,(H3,15,16,17);1H. The number of aliphatic hydroxyl groups is 1. The van der Waals surface area contributed by atoms with Crippen molar-refractivity contribution in [2.24, 2.45) is 10.7 Å². The second kappa shape index (κ2) is 10.9. The van der Waals surface area contributed by atoms with E-state index in [0.29, 0.717) is 19.1 Å². The number of nitrogens with two attached hydrogens (primary N) is 1. The molecule has 114 valence electrons. The number of nitrogens with zero attached hydrogens (tertiary/aromatic N) is 1. The van der Waals surface area contributed by atoms with Gasteiger partial charge in [-0.2, -0.15) is 0 Å². The van der Waals surface area contributed by atoms with Crippen LogP contribution >= 0.6 is 24.0 Å². The van der Waals surface area contributed by atoms with Crippen molar-refractivity contribution in [1.29, 1.82) is 0 Å². The zero-order chi connectivity index (χ0) is 14.1. The maximum absolute atomic E-state index is 9.41. The first kappa shape index (κ1) is 19.1. The van der Waals surface area contributed by atoms with Crippen LogP contribution in [0.15, 0.2) is 35.3 Å². The molecule has 4 N–H and O–H groups in total. The molecule has 0 aliphatic heterocycles. The number of aliphatic hydroxyl groups excluding tert-OH is 1. The summed E-state index contributed by atoms with van der Waals surface area (Å²) in [5, 5.41) is 12.4. The third-order valence-electron chi connectivity index (χ3n) is 2.78. The maximum atomic E-state index is 9.41. The van der Waals surface area contributed by atoms with Crippen molar-refractivity contribution in [2.45, 2.75) is 18.9 Å². The average molecular weight is 393 g/mol. The van der Waals surface area contributed by atoms with Crippen LogP contribution in [0.4, 0.5) is 0 Å². The summed E-state index contributed by atoms with van der Waals surface area (Å²) in [6.07, 6.45) is 0. The molecule has 0 amide bonds. The Morgan fingerprint density at radius 1 is 1.40 bits per heavy atom. The van der Waals surface area contributed by atoms with E-state index in [2.05, 4.69) is 10.3 Å². The lowest BCUT2D eigenvalue weighted by atomic mass is 10.0. The zero-order valence-electron chi connectivity index (χ0n) is 12.0. The van der Waals surface area contributed by atoms with Gasteiger partial charge in [0.25, 0.3) is 0 Å². The molecule has 1 aromatic rings.